The number of phenols is 1. The van der Waals surface area contributed by atoms with Gasteiger partial charge in [0.05, 0.1) is 5.39 Å². The van der Waals surface area contributed by atoms with Crippen molar-refractivity contribution in [3.63, 3.8) is 0 Å². The number of benzene rings is 2. The van der Waals surface area contributed by atoms with Gasteiger partial charge in [-0.3, -0.25) is 4.79 Å². The van der Waals surface area contributed by atoms with E-state index in [9.17, 15) is 9.90 Å². The Bertz CT molecular complexity index is 819. The Hall–Kier alpha value is -2.26. The molecule has 0 amide bonds. The van der Waals surface area contributed by atoms with E-state index < -0.39 is 0 Å². The van der Waals surface area contributed by atoms with Gasteiger partial charge in [0, 0.05) is 23.6 Å². The molecule has 100 valence electrons. The highest BCUT2D eigenvalue weighted by atomic mass is 35.5. The quantitative estimate of drug-likeness (QED) is 0.781. The predicted octanol–water partition coefficient (Wildman–Crippen LogP) is 3.74. The molecule has 0 saturated heterocycles. The van der Waals surface area contributed by atoms with Crippen LogP contribution in [-0.2, 0) is 6.42 Å². The molecule has 0 aliphatic heterocycles. The molecule has 3 rings (SSSR count). The average molecular weight is 287 g/mol. The molecule has 20 heavy (non-hydrogen) atoms. The first kappa shape index (κ1) is 12.8. The summed E-state index contributed by atoms with van der Waals surface area (Å²) in [6, 6.07) is 13.3. The molecule has 0 fully saturated rings. The lowest BCUT2D eigenvalue weighted by Crippen LogP contribution is -2.02. The molecule has 1 aromatic heterocycles. The molecule has 0 radical (unpaired) electrons. The molecule has 0 atom stereocenters. The summed E-state index contributed by atoms with van der Waals surface area (Å²) in [6.07, 6.45) is 0.498. The van der Waals surface area contributed by atoms with Crippen LogP contribution in [0.2, 0.25) is 5.02 Å². The standard InChI is InChI=1S/C16H11ClO3/c17-11-3-1-10(2-4-11)7-13-9-15(19)14-6-5-12(18)8-16(14)20-13/h1-6,8-9,18H,7H2. The Kier molecular flexibility index (Phi) is 3.20. The fourth-order valence-corrected chi connectivity index (χ4v) is 2.21. The number of halogens is 1. The SMILES string of the molecule is O=c1cc(Cc2ccc(Cl)cc2)oc2cc(O)ccc12. The summed E-state index contributed by atoms with van der Waals surface area (Å²) in [4.78, 5) is 12.0. The second-order valence-electron chi connectivity index (χ2n) is 4.56. The molecular weight excluding hydrogens is 276 g/mol. The lowest BCUT2D eigenvalue weighted by Gasteiger charge is -2.04. The van der Waals surface area contributed by atoms with Crippen molar-refractivity contribution in [1.29, 1.82) is 0 Å². The van der Waals surface area contributed by atoms with Crippen LogP contribution in [0.15, 0.2) is 57.7 Å². The van der Waals surface area contributed by atoms with Crippen LogP contribution in [0.3, 0.4) is 0 Å². The van der Waals surface area contributed by atoms with Crippen LogP contribution in [0.1, 0.15) is 11.3 Å². The van der Waals surface area contributed by atoms with Crippen molar-refractivity contribution in [2.45, 2.75) is 6.42 Å². The van der Waals surface area contributed by atoms with E-state index >= 15 is 0 Å². The van der Waals surface area contributed by atoms with E-state index in [4.69, 9.17) is 16.0 Å². The predicted molar refractivity (Wildman–Crippen MR) is 78.4 cm³/mol. The fraction of sp³-hybridized carbons (Fsp3) is 0.0625. The Morgan fingerprint density at radius 1 is 1.05 bits per heavy atom. The Balaban J connectivity index is 2.04. The summed E-state index contributed by atoms with van der Waals surface area (Å²) < 4.78 is 5.66. The van der Waals surface area contributed by atoms with Gasteiger partial charge in [0.15, 0.2) is 5.43 Å². The van der Waals surface area contributed by atoms with Gasteiger partial charge in [-0.15, -0.1) is 0 Å². The van der Waals surface area contributed by atoms with Gasteiger partial charge < -0.3 is 9.52 Å². The Morgan fingerprint density at radius 3 is 2.55 bits per heavy atom. The highest BCUT2D eigenvalue weighted by Crippen LogP contribution is 2.20. The molecule has 1 heterocycles. The summed E-state index contributed by atoms with van der Waals surface area (Å²) in [6.45, 7) is 0. The zero-order valence-corrected chi connectivity index (χ0v) is 11.2. The van der Waals surface area contributed by atoms with Crippen molar-refractivity contribution in [2.75, 3.05) is 0 Å². The maximum absolute atomic E-state index is 12.0. The number of rotatable bonds is 2. The first-order valence-corrected chi connectivity index (χ1v) is 6.50. The van der Waals surface area contributed by atoms with E-state index in [-0.39, 0.29) is 11.2 Å². The van der Waals surface area contributed by atoms with E-state index in [0.29, 0.717) is 28.2 Å². The molecule has 2 aromatic carbocycles. The summed E-state index contributed by atoms with van der Waals surface area (Å²) in [5.41, 5.74) is 1.27. The minimum absolute atomic E-state index is 0.0734. The topological polar surface area (TPSA) is 50.4 Å². The fourth-order valence-electron chi connectivity index (χ4n) is 2.08. The lowest BCUT2D eigenvalue weighted by molar-refractivity contribution is 0.473. The number of phenolic OH excluding ortho intramolecular Hbond substituents is 1. The van der Waals surface area contributed by atoms with Gasteiger partial charge in [0.2, 0.25) is 0 Å². The van der Waals surface area contributed by atoms with Gasteiger partial charge in [-0.1, -0.05) is 23.7 Å². The summed E-state index contributed by atoms with van der Waals surface area (Å²) in [5, 5.41) is 10.6. The minimum atomic E-state index is -0.116. The number of hydrogen-bond donors (Lipinski definition) is 1. The van der Waals surface area contributed by atoms with Crippen LogP contribution >= 0.6 is 11.6 Å². The van der Waals surface area contributed by atoms with Crippen molar-refractivity contribution in [3.8, 4) is 5.75 Å². The minimum Gasteiger partial charge on any atom is -0.508 e. The van der Waals surface area contributed by atoms with E-state index in [1.54, 1.807) is 18.2 Å². The second kappa shape index (κ2) is 5.02. The molecule has 1 N–H and O–H groups in total. The third-order valence-corrected chi connectivity index (χ3v) is 3.31. The highest BCUT2D eigenvalue weighted by molar-refractivity contribution is 6.30. The Labute approximate surface area is 120 Å². The van der Waals surface area contributed by atoms with E-state index in [2.05, 4.69) is 0 Å². The maximum atomic E-state index is 12.0. The zero-order valence-electron chi connectivity index (χ0n) is 10.5. The lowest BCUT2D eigenvalue weighted by atomic mass is 10.1. The van der Waals surface area contributed by atoms with Gasteiger partial charge in [0.25, 0.3) is 0 Å². The van der Waals surface area contributed by atoms with Crippen molar-refractivity contribution in [3.05, 3.63) is 75.1 Å². The van der Waals surface area contributed by atoms with Crippen molar-refractivity contribution < 1.29 is 9.52 Å². The molecule has 3 aromatic rings. The zero-order chi connectivity index (χ0) is 14.1. The summed E-state index contributed by atoms with van der Waals surface area (Å²) in [7, 11) is 0. The average Bonchev–Trinajstić information content (AvgIpc) is 2.41. The largest absolute Gasteiger partial charge is 0.508 e. The van der Waals surface area contributed by atoms with Gasteiger partial charge >= 0.3 is 0 Å². The second-order valence-corrected chi connectivity index (χ2v) is 5.00. The smallest absolute Gasteiger partial charge is 0.192 e. The first-order valence-electron chi connectivity index (χ1n) is 6.12. The van der Waals surface area contributed by atoms with Crippen molar-refractivity contribution in [2.24, 2.45) is 0 Å². The van der Waals surface area contributed by atoms with Gasteiger partial charge in [-0.25, -0.2) is 0 Å². The number of aromatic hydroxyl groups is 1. The molecule has 0 aliphatic rings. The van der Waals surface area contributed by atoms with Crippen molar-refractivity contribution in [1.82, 2.24) is 0 Å². The summed E-state index contributed by atoms with van der Waals surface area (Å²) >= 11 is 5.83. The highest BCUT2D eigenvalue weighted by Gasteiger charge is 2.06. The number of hydrogen-bond acceptors (Lipinski definition) is 3. The van der Waals surface area contributed by atoms with Gasteiger partial charge in [-0.2, -0.15) is 0 Å². The van der Waals surface area contributed by atoms with Crippen LogP contribution in [0.5, 0.6) is 5.75 Å². The van der Waals surface area contributed by atoms with E-state index in [1.165, 1.54) is 18.2 Å². The molecule has 0 bridgehead atoms. The van der Waals surface area contributed by atoms with Gasteiger partial charge in [-0.05, 0) is 29.8 Å². The van der Waals surface area contributed by atoms with E-state index in [1.807, 2.05) is 12.1 Å². The maximum Gasteiger partial charge on any atom is 0.192 e. The molecule has 0 saturated carbocycles. The third-order valence-electron chi connectivity index (χ3n) is 3.06. The molecular formula is C16H11ClO3. The van der Waals surface area contributed by atoms with Crippen LogP contribution < -0.4 is 5.43 Å². The number of fused-ring (bicyclic) bond motifs is 1. The molecule has 3 nitrogen and oxygen atoms in total. The normalized spacial score (nSPS) is 10.8. The van der Waals surface area contributed by atoms with Crippen LogP contribution in [0, 0.1) is 0 Å². The van der Waals surface area contributed by atoms with Gasteiger partial charge in [0.1, 0.15) is 17.1 Å². The Morgan fingerprint density at radius 2 is 1.80 bits per heavy atom. The monoisotopic (exact) mass is 286 g/mol. The van der Waals surface area contributed by atoms with Crippen LogP contribution in [0.4, 0.5) is 0 Å². The molecule has 0 spiro atoms. The van der Waals surface area contributed by atoms with Crippen LogP contribution in [0.25, 0.3) is 11.0 Å². The van der Waals surface area contributed by atoms with Crippen LogP contribution in [-0.4, -0.2) is 5.11 Å². The third kappa shape index (κ3) is 2.53. The first-order chi connectivity index (χ1) is 9.61. The van der Waals surface area contributed by atoms with Crippen molar-refractivity contribution >= 4 is 22.6 Å². The molecule has 4 heteroatoms. The summed E-state index contributed by atoms with van der Waals surface area (Å²) in [5.74, 6) is 0.625. The molecule has 0 unspecified atom stereocenters. The van der Waals surface area contributed by atoms with E-state index in [0.717, 1.165) is 5.56 Å². The molecule has 0 aliphatic carbocycles.